The number of rotatable bonds is 9. The van der Waals surface area contributed by atoms with Gasteiger partial charge in [0.1, 0.15) is 0 Å². The maximum absolute atomic E-state index is 13.9. The second-order valence-electron chi connectivity index (χ2n) is 9.82. The van der Waals surface area contributed by atoms with Gasteiger partial charge < -0.3 is 10.6 Å². The number of amides is 1. The Balaban J connectivity index is 1.94. The molecule has 7 nitrogen and oxygen atoms in total. The predicted molar refractivity (Wildman–Crippen MR) is 151 cm³/mol. The van der Waals surface area contributed by atoms with Gasteiger partial charge in [0.05, 0.1) is 28.3 Å². The number of aryl methyl sites for hydroxylation is 2. The second kappa shape index (κ2) is 11.4. The average Bonchev–Trinajstić information content (AvgIpc) is 3.17. The quantitative estimate of drug-likeness (QED) is 0.306. The molecular formula is C29H34BrN5O2. The molecule has 0 aliphatic rings. The van der Waals surface area contributed by atoms with Gasteiger partial charge in [-0.05, 0) is 72.4 Å². The van der Waals surface area contributed by atoms with Gasteiger partial charge in [0.2, 0.25) is 0 Å². The monoisotopic (exact) mass is 563 g/mol. The minimum atomic E-state index is -0.358. The first kappa shape index (κ1) is 26.8. The van der Waals surface area contributed by atoms with Crippen LogP contribution in [0.5, 0.6) is 0 Å². The van der Waals surface area contributed by atoms with Gasteiger partial charge >= 0.3 is 5.69 Å². The molecule has 194 valence electrons. The van der Waals surface area contributed by atoms with E-state index in [4.69, 9.17) is 5.73 Å². The van der Waals surface area contributed by atoms with Crippen molar-refractivity contribution >= 4 is 27.4 Å². The summed E-state index contributed by atoms with van der Waals surface area (Å²) in [6.45, 7) is 9.35. The molecule has 0 radical (unpaired) electrons. The smallest absolute Gasteiger partial charge is 0.330 e. The summed E-state index contributed by atoms with van der Waals surface area (Å²) >= 11 is 3.62. The number of nitrogens with zero attached hydrogens (tertiary/aromatic N) is 4. The molecule has 1 amide bonds. The molecule has 4 aromatic rings. The van der Waals surface area contributed by atoms with Crippen molar-refractivity contribution in [2.75, 3.05) is 13.1 Å². The lowest BCUT2D eigenvalue weighted by atomic mass is 9.96. The Hall–Kier alpha value is -3.23. The van der Waals surface area contributed by atoms with E-state index in [1.807, 2.05) is 79.4 Å². The highest BCUT2D eigenvalue weighted by atomic mass is 79.9. The number of fused-ring (bicyclic) bond motifs is 1. The molecule has 1 atom stereocenters. The first-order valence-corrected chi connectivity index (χ1v) is 13.4. The Morgan fingerprint density at radius 3 is 2.38 bits per heavy atom. The van der Waals surface area contributed by atoms with Crippen LogP contribution in [0.25, 0.3) is 5.52 Å². The molecule has 1 unspecified atom stereocenters. The van der Waals surface area contributed by atoms with E-state index >= 15 is 0 Å². The van der Waals surface area contributed by atoms with Crippen molar-refractivity contribution in [3.05, 3.63) is 104 Å². The van der Waals surface area contributed by atoms with Crippen molar-refractivity contribution in [1.29, 1.82) is 0 Å². The molecule has 4 rings (SSSR count). The van der Waals surface area contributed by atoms with E-state index in [2.05, 4.69) is 34.9 Å². The lowest BCUT2D eigenvalue weighted by molar-refractivity contribution is 0.0609. The molecule has 0 aliphatic heterocycles. The van der Waals surface area contributed by atoms with Gasteiger partial charge in [-0.15, -0.1) is 0 Å². The van der Waals surface area contributed by atoms with Crippen LogP contribution < -0.4 is 11.4 Å². The van der Waals surface area contributed by atoms with Crippen molar-refractivity contribution in [3.8, 4) is 0 Å². The third-order valence-corrected chi connectivity index (χ3v) is 7.63. The maximum Gasteiger partial charge on any atom is 0.349 e. The minimum absolute atomic E-state index is 0.0267. The zero-order valence-electron chi connectivity index (χ0n) is 21.8. The zero-order chi connectivity index (χ0) is 26.7. The SMILES string of the molecule is Cc1ccc(C(=O)N(CCCN)C(c2cc3c(Br)c(C)nn3c(=O)n2Cc2ccccc2)C(C)C)cc1. The van der Waals surface area contributed by atoms with E-state index in [-0.39, 0.29) is 23.6 Å². The number of benzene rings is 2. The highest BCUT2D eigenvalue weighted by molar-refractivity contribution is 9.10. The summed E-state index contributed by atoms with van der Waals surface area (Å²) in [5.74, 6) is -0.0478. The highest BCUT2D eigenvalue weighted by Gasteiger charge is 2.32. The van der Waals surface area contributed by atoms with Crippen molar-refractivity contribution in [2.24, 2.45) is 11.7 Å². The standard InChI is InChI=1S/C29H34BrN5O2/c1-19(2)27(33(16-8-15-31)28(36)23-13-11-20(3)12-14-23)25-17-24-26(30)21(4)32-35(24)29(37)34(25)18-22-9-6-5-7-10-22/h5-7,9-14,17,19,27H,8,15-16,18,31H2,1-4H3. The highest BCUT2D eigenvalue weighted by Crippen LogP contribution is 2.32. The molecule has 0 saturated heterocycles. The summed E-state index contributed by atoms with van der Waals surface area (Å²) < 4.78 is 3.97. The van der Waals surface area contributed by atoms with Gasteiger partial charge in [-0.3, -0.25) is 9.36 Å². The summed E-state index contributed by atoms with van der Waals surface area (Å²) in [7, 11) is 0. The summed E-state index contributed by atoms with van der Waals surface area (Å²) in [5, 5.41) is 4.48. The van der Waals surface area contributed by atoms with Crippen LogP contribution in [0.3, 0.4) is 0 Å². The third-order valence-electron chi connectivity index (χ3n) is 6.65. The number of carbonyl (C=O) groups is 1. The van der Waals surface area contributed by atoms with E-state index in [0.29, 0.717) is 37.1 Å². The van der Waals surface area contributed by atoms with E-state index in [1.54, 1.807) is 4.57 Å². The van der Waals surface area contributed by atoms with E-state index in [9.17, 15) is 9.59 Å². The number of halogens is 1. The van der Waals surface area contributed by atoms with Crippen molar-refractivity contribution in [3.63, 3.8) is 0 Å². The first-order valence-electron chi connectivity index (χ1n) is 12.6. The van der Waals surface area contributed by atoms with Crippen LogP contribution in [-0.4, -0.2) is 38.1 Å². The Morgan fingerprint density at radius 2 is 1.76 bits per heavy atom. The van der Waals surface area contributed by atoms with Crippen LogP contribution in [0.1, 0.15) is 59.2 Å². The fourth-order valence-electron chi connectivity index (χ4n) is 4.76. The fraction of sp³-hybridized carbons (Fsp3) is 0.345. The molecule has 2 aromatic carbocycles. The van der Waals surface area contributed by atoms with Gasteiger partial charge in [0, 0.05) is 17.8 Å². The maximum atomic E-state index is 13.9. The van der Waals surface area contributed by atoms with Crippen LogP contribution >= 0.6 is 15.9 Å². The summed E-state index contributed by atoms with van der Waals surface area (Å²) in [4.78, 5) is 29.7. The number of nitrogens with two attached hydrogens (primary N) is 1. The number of aromatic nitrogens is 3. The Morgan fingerprint density at radius 1 is 1.08 bits per heavy atom. The average molecular weight is 565 g/mol. The largest absolute Gasteiger partial charge is 0.349 e. The Kier molecular flexibility index (Phi) is 8.29. The van der Waals surface area contributed by atoms with Crippen molar-refractivity contribution in [2.45, 2.75) is 46.7 Å². The molecule has 0 saturated carbocycles. The molecule has 0 aliphatic carbocycles. The molecule has 0 fully saturated rings. The Labute approximate surface area is 226 Å². The summed E-state index contributed by atoms with van der Waals surface area (Å²) in [6.07, 6.45) is 0.654. The minimum Gasteiger partial charge on any atom is -0.330 e. The van der Waals surface area contributed by atoms with Crippen molar-refractivity contribution < 1.29 is 4.79 Å². The van der Waals surface area contributed by atoms with Crippen LogP contribution in [0.2, 0.25) is 0 Å². The van der Waals surface area contributed by atoms with Crippen LogP contribution in [0.4, 0.5) is 0 Å². The fourth-order valence-corrected chi connectivity index (χ4v) is 5.12. The first-order chi connectivity index (χ1) is 17.7. The number of carbonyl (C=O) groups excluding carboxylic acids is 1. The van der Waals surface area contributed by atoms with E-state index in [0.717, 1.165) is 27.0 Å². The van der Waals surface area contributed by atoms with Crippen molar-refractivity contribution in [1.82, 2.24) is 19.1 Å². The molecule has 2 heterocycles. The molecule has 8 heteroatoms. The molecular weight excluding hydrogens is 530 g/mol. The molecule has 37 heavy (non-hydrogen) atoms. The number of hydrogen-bond acceptors (Lipinski definition) is 4. The molecule has 2 N–H and O–H groups in total. The van der Waals surface area contributed by atoms with Crippen LogP contribution in [0.15, 0.2) is 69.9 Å². The second-order valence-corrected chi connectivity index (χ2v) is 10.6. The normalized spacial score (nSPS) is 12.3. The molecule has 0 bridgehead atoms. The van der Waals surface area contributed by atoms with E-state index in [1.165, 1.54) is 4.52 Å². The lowest BCUT2D eigenvalue weighted by Gasteiger charge is -2.36. The van der Waals surface area contributed by atoms with Crippen LogP contribution in [0, 0.1) is 19.8 Å². The third kappa shape index (κ3) is 5.55. The summed E-state index contributed by atoms with van der Waals surface area (Å²) in [5.41, 5.74) is 10.6. The number of hydrogen-bond donors (Lipinski definition) is 1. The van der Waals surface area contributed by atoms with Crippen LogP contribution in [-0.2, 0) is 6.54 Å². The van der Waals surface area contributed by atoms with Gasteiger partial charge in [-0.1, -0.05) is 61.9 Å². The van der Waals surface area contributed by atoms with E-state index < -0.39 is 0 Å². The van der Waals surface area contributed by atoms with Gasteiger partial charge in [-0.25, -0.2) is 4.79 Å². The molecule has 2 aromatic heterocycles. The summed E-state index contributed by atoms with van der Waals surface area (Å²) in [6, 6.07) is 19.1. The lowest BCUT2D eigenvalue weighted by Crippen LogP contribution is -2.42. The zero-order valence-corrected chi connectivity index (χ0v) is 23.4. The van der Waals surface area contributed by atoms with Gasteiger partial charge in [-0.2, -0.15) is 9.61 Å². The van der Waals surface area contributed by atoms with Gasteiger partial charge in [0.25, 0.3) is 5.91 Å². The Bertz CT molecular complexity index is 1440. The predicted octanol–water partition coefficient (Wildman–Crippen LogP) is 5.11. The van der Waals surface area contributed by atoms with Gasteiger partial charge in [0.15, 0.2) is 0 Å². The topological polar surface area (TPSA) is 85.6 Å². The molecule has 0 spiro atoms.